The van der Waals surface area contributed by atoms with Crippen molar-refractivity contribution < 1.29 is 0 Å². The van der Waals surface area contributed by atoms with Crippen LogP contribution in [0.5, 0.6) is 0 Å². The number of aromatic amines is 1. The van der Waals surface area contributed by atoms with Gasteiger partial charge in [0.1, 0.15) is 0 Å². The molecule has 2 heteroatoms. The van der Waals surface area contributed by atoms with Crippen LogP contribution < -0.4 is 0 Å². The van der Waals surface area contributed by atoms with E-state index < -0.39 is 0 Å². The summed E-state index contributed by atoms with van der Waals surface area (Å²) in [6, 6.07) is 6.32. The van der Waals surface area contributed by atoms with Crippen LogP contribution in [0.4, 0.5) is 0 Å². The fourth-order valence-electron chi connectivity index (χ4n) is 1.70. The van der Waals surface area contributed by atoms with Gasteiger partial charge in [-0.1, -0.05) is 26.0 Å². The Bertz CT molecular complexity index is 468. The van der Waals surface area contributed by atoms with E-state index in [-0.39, 0.29) is 0 Å². The lowest BCUT2D eigenvalue weighted by molar-refractivity contribution is 0.825. The van der Waals surface area contributed by atoms with Gasteiger partial charge in [0, 0.05) is 5.39 Å². The quantitative estimate of drug-likeness (QED) is 0.799. The van der Waals surface area contributed by atoms with E-state index in [0.717, 1.165) is 17.3 Å². The van der Waals surface area contributed by atoms with Crippen molar-refractivity contribution in [1.29, 1.82) is 0 Å². The van der Waals surface area contributed by atoms with Crippen molar-refractivity contribution >= 4 is 16.5 Å². The Kier molecular flexibility index (Phi) is 2.86. The largest absolute Gasteiger partial charge is 0.278 e. The van der Waals surface area contributed by atoms with Crippen LogP contribution in [-0.2, 0) is 0 Å². The van der Waals surface area contributed by atoms with Crippen LogP contribution in [0.3, 0.4) is 0 Å². The number of rotatable bonds is 4. The van der Waals surface area contributed by atoms with Crippen LogP contribution in [0.15, 0.2) is 31.0 Å². The molecule has 0 saturated heterocycles. The van der Waals surface area contributed by atoms with Crippen LogP contribution >= 0.6 is 0 Å². The summed E-state index contributed by atoms with van der Waals surface area (Å²) in [7, 11) is 0. The first-order valence-electron chi connectivity index (χ1n) is 5.42. The molecule has 15 heavy (non-hydrogen) atoms. The van der Waals surface area contributed by atoms with Crippen molar-refractivity contribution in [3.05, 3.63) is 36.5 Å². The van der Waals surface area contributed by atoms with Gasteiger partial charge in [-0.15, -0.1) is 0 Å². The van der Waals surface area contributed by atoms with Gasteiger partial charge >= 0.3 is 0 Å². The van der Waals surface area contributed by atoms with E-state index in [1.54, 1.807) is 0 Å². The van der Waals surface area contributed by atoms with Gasteiger partial charge in [-0.3, -0.25) is 5.10 Å². The van der Waals surface area contributed by atoms with Crippen molar-refractivity contribution in [2.24, 2.45) is 0 Å². The molecule has 2 nitrogen and oxygen atoms in total. The first-order chi connectivity index (χ1) is 7.31. The molecule has 1 N–H and O–H groups in total. The molecular weight excluding hydrogens is 184 g/mol. The second kappa shape index (κ2) is 4.30. The highest BCUT2D eigenvalue weighted by Crippen LogP contribution is 2.22. The molecule has 0 bridgehead atoms. The number of fused-ring (bicyclic) bond motifs is 1. The highest BCUT2D eigenvalue weighted by Gasteiger charge is 2.01. The van der Waals surface area contributed by atoms with Crippen LogP contribution in [-0.4, -0.2) is 10.2 Å². The highest BCUT2D eigenvalue weighted by atomic mass is 15.1. The van der Waals surface area contributed by atoms with Crippen LogP contribution in [0.25, 0.3) is 16.5 Å². The predicted octanol–water partition coefficient (Wildman–Crippen LogP) is 3.77. The van der Waals surface area contributed by atoms with E-state index in [9.17, 15) is 0 Å². The van der Waals surface area contributed by atoms with E-state index in [4.69, 9.17) is 0 Å². The molecule has 0 saturated carbocycles. The molecule has 0 spiro atoms. The maximum atomic E-state index is 4.12. The van der Waals surface area contributed by atoms with Gasteiger partial charge in [0.05, 0.1) is 11.7 Å². The minimum atomic E-state index is 1.08. The molecule has 78 valence electrons. The van der Waals surface area contributed by atoms with Crippen molar-refractivity contribution in [2.45, 2.75) is 26.2 Å². The van der Waals surface area contributed by atoms with E-state index >= 15 is 0 Å². The zero-order valence-electron chi connectivity index (χ0n) is 9.09. The number of aromatic nitrogens is 2. The van der Waals surface area contributed by atoms with Gasteiger partial charge in [0.15, 0.2) is 0 Å². The number of nitrogens with zero attached hydrogens (tertiary/aromatic N) is 1. The number of hydrogen-bond donors (Lipinski definition) is 1. The average molecular weight is 200 g/mol. The van der Waals surface area contributed by atoms with Crippen molar-refractivity contribution in [2.75, 3.05) is 0 Å². The Morgan fingerprint density at radius 1 is 1.47 bits per heavy atom. The number of allylic oxidation sites excluding steroid dienone is 1. The molecule has 0 fully saturated rings. The summed E-state index contributed by atoms with van der Waals surface area (Å²) >= 11 is 0. The number of unbranched alkanes of at least 4 members (excludes halogenated alkanes) is 1. The van der Waals surface area contributed by atoms with E-state index in [1.807, 2.05) is 6.20 Å². The SMILES string of the molecule is C=C(CCCC)c1ccc2[nH]ncc2c1. The number of hydrogen-bond acceptors (Lipinski definition) is 1. The Morgan fingerprint density at radius 3 is 3.13 bits per heavy atom. The zero-order valence-corrected chi connectivity index (χ0v) is 9.09. The van der Waals surface area contributed by atoms with Crippen molar-refractivity contribution in [1.82, 2.24) is 10.2 Å². The molecule has 0 atom stereocenters. The van der Waals surface area contributed by atoms with Gasteiger partial charge in [-0.2, -0.15) is 5.10 Å². The zero-order chi connectivity index (χ0) is 10.7. The van der Waals surface area contributed by atoms with Gasteiger partial charge in [-0.25, -0.2) is 0 Å². The molecule has 0 amide bonds. The normalized spacial score (nSPS) is 10.7. The summed E-state index contributed by atoms with van der Waals surface area (Å²) in [5.74, 6) is 0. The number of benzene rings is 1. The lowest BCUT2D eigenvalue weighted by atomic mass is 10.0. The summed E-state index contributed by atoms with van der Waals surface area (Å²) in [5, 5.41) is 8.12. The second-order valence-corrected chi connectivity index (χ2v) is 3.88. The molecule has 0 aliphatic carbocycles. The summed E-state index contributed by atoms with van der Waals surface area (Å²) in [4.78, 5) is 0. The summed E-state index contributed by atoms with van der Waals surface area (Å²) < 4.78 is 0. The van der Waals surface area contributed by atoms with Gasteiger partial charge in [0.2, 0.25) is 0 Å². The molecule has 0 unspecified atom stereocenters. The Labute approximate surface area is 90.0 Å². The van der Waals surface area contributed by atoms with Gasteiger partial charge in [0.25, 0.3) is 0 Å². The molecule has 1 aromatic carbocycles. The molecular formula is C13H16N2. The molecule has 1 aromatic heterocycles. The van der Waals surface area contributed by atoms with E-state index in [1.165, 1.54) is 24.0 Å². The second-order valence-electron chi connectivity index (χ2n) is 3.88. The van der Waals surface area contributed by atoms with Crippen LogP contribution in [0, 0.1) is 0 Å². The van der Waals surface area contributed by atoms with Crippen molar-refractivity contribution in [3.63, 3.8) is 0 Å². The van der Waals surface area contributed by atoms with Crippen molar-refractivity contribution in [3.8, 4) is 0 Å². The number of H-pyrrole nitrogens is 1. The Morgan fingerprint density at radius 2 is 2.33 bits per heavy atom. The third kappa shape index (κ3) is 2.09. The molecule has 0 radical (unpaired) electrons. The first kappa shape index (κ1) is 9.97. The first-order valence-corrected chi connectivity index (χ1v) is 5.42. The third-order valence-corrected chi connectivity index (χ3v) is 2.68. The topological polar surface area (TPSA) is 28.7 Å². The lowest BCUT2D eigenvalue weighted by Gasteiger charge is -2.04. The molecule has 2 rings (SSSR count). The van der Waals surface area contributed by atoms with E-state index in [0.29, 0.717) is 0 Å². The highest BCUT2D eigenvalue weighted by molar-refractivity contribution is 5.82. The maximum absolute atomic E-state index is 4.12. The maximum Gasteiger partial charge on any atom is 0.0650 e. The van der Waals surface area contributed by atoms with Crippen LogP contribution in [0.2, 0.25) is 0 Å². The minimum Gasteiger partial charge on any atom is -0.278 e. The van der Waals surface area contributed by atoms with Gasteiger partial charge in [-0.05, 0) is 36.1 Å². The Balaban J connectivity index is 2.23. The molecule has 2 aromatic rings. The molecule has 1 heterocycles. The molecule has 0 aliphatic rings. The smallest absolute Gasteiger partial charge is 0.0650 e. The lowest BCUT2D eigenvalue weighted by Crippen LogP contribution is -1.83. The predicted molar refractivity (Wildman–Crippen MR) is 64.7 cm³/mol. The summed E-state index contributed by atoms with van der Waals surface area (Å²) in [5.41, 5.74) is 3.54. The van der Waals surface area contributed by atoms with Crippen LogP contribution in [0.1, 0.15) is 31.7 Å². The van der Waals surface area contributed by atoms with E-state index in [2.05, 4.69) is 41.9 Å². The fourth-order valence-corrected chi connectivity index (χ4v) is 1.70. The molecule has 0 aliphatic heterocycles. The average Bonchev–Trinajstić information content (AvgIpc) is 2.72. The summed E-state index contributed by atoms with van der Waals surface area (Å²) in [6.45, 7) is 6.32. The summed E-state index contributed by atoms with van der Waals surface area (Å²) in [6.07, 6.45) is 5.36. The number of nitrogens with one attached hydrogen (secondary N) is 1. The monoisotopic (exact) mass is 200 g/mol. The van der Waals surface area contributed by atoms with Gasteiger partial charge < -0.3 is 0 Å². The Hall–Kier alpha value is -1.57. The standard InChI is InChI=1S/C13H16N2/c1-3-4-5-10(2)11-6-7-13-12(8-11)9-14-15-13/h6-9H,2-5H2,1H3,(H,14,15). The minimum absolute atomic E-state index is 1.08. The fraction of sp³-hybridized carbons (Fsp3) is 0.308. The third-order valence-electron chi connectivity index (χ3n) is 2.68.